The number of carbonyl (C=O) groups is 1. The Morgan fingerprint density at radius 3 is 2.44 bits per heavy atom. The molecule has 164 valence electrons. The van der Waals surface area contributed by atoms with Crippen molar-refractivity contribution in [2.45, 2.75) is 34.1 Å². The highest BCUT2D eigenvalue weighted by atomic mass is 32.2. The van der Waals surface area contributed by atoms with Gasteiger partial charge in [-0.05, 0) is 98.6 Å². The largest absolute Gasteiger partial charge is 0.494 e. The number of ether oxygens (including phenoxy) is 1. The van der Waals surface area contributed by atoms with E-state index in [1.807, 2.05) is 37.3 Å². The average Bonchev–Trinajstić information content (AvgIpc) is 3.27. The molecule has 2 heterocycles. The summed E-state index contributed by atoms with van der Waals surface area (Å²) in [6.07, 6.45) is 2.97. The molecule has 0 aliphatic carbocycles. The third kappa shape index (κ3) is 4.65. The van der Waals surface area contributed by atoms with Gasteiger partial charge in [0, 0.05) is 17.1 Å². The summed E-state index contributed by atoms with van der Waals surface area (Å²) in [7, 11) is 0. The molecule has 1 fully saturated rings. The van der Waals surface area contributed by atoms with Crippen LogP contribution in [0.15, 0.2) is 64.5 Å². The Hall–Kier alpha value is -3.25. The Bertz CT molecular complexity index is 1190. The summed E-state index contributed by atoms with van der Waals surface area (Å²) in [5, 5.41) is 3.44. The third-order valence-corrected chi connectivity index (χ3v) is 6.30. The number of carbonyl (C=O) groups excluding carboxylic acids is 1. The van der Waals surface area contributed by atoms with Crippen molar-refractivity contribution in [3.63, 3.8) is 0 Å². The lowest BCUT2D eigenvalue weighted by molar-refractivity contribution is -0.115. The van der Waals surface area contributed by atoms with Gasteiger partial charge in [0.05, 0.1) is 17.2 Å². The van der Waals surface area contributed by atoms with Gasteiger partial charge in [0.15, 0.2) is 5.17 Å². The molecule has 5 nitrogen and oxygen atoms in total. The van der Waals surface area contributed by atoms with E-state index >= 15 is 0 Å². The van der Waals surface area contributed by atoms with Crippen molar-refractivity contribution in [3.8, 4) is 11.4 Å². The fraction of sp³-hybridized carbons (Fsp3) is 0.231. The summed E-state index contributed by atoms with van der Waals surface area (Å²) in [5.74, 6) is 0.677. The highest BCUT2D eigenvalue weighted by molar-refractivity contribution is 8.18. The molecule has 2 aromatic carbocycles. The fourth-order valence-corrected chi connectivity index (χ4v) is 4.57. The molecule has 0 saturated carbocycles. The highest BCUT2D eigenvalue weighted by Crippen LogP contribution is 2.31. The van der Waals surface area contributed by atoms with Gasteiger partial charge in [-0.25, -0.2) is 4.99 Å². The van der Waals surface area contributed by atoms with Gasteiger partial charge < -0.3 is 14.6 Å². The second-order valence-corrected chi connectivity index (χ2v) is 8.62. The quantitative estimate of drug-likeness (QED) is 0.477. The topological polar surface area (TPSA) is 55.6 Å². The monoisotopic (exact) mass is 445 g/mol. The number of aryl methyl sites for hydroxylation is 2. The molecule has 1 N–H and O–H groups in total. The molecule has 1 aliphatic heterocycles. The van der Waals surface area contributed by atoms with Crippen LogP contribution in [0.2, 0.25) is 0 Å². The van der Waals surface area contributed by atoms with E-state index in [9.17, 15) is 4.79 Å². The first-order valence-electron chi connectivity index (χ1n) is 10.8. The first-order valence-corrected chi connectivity index (χ1v) is 11.6. The van der Waals surface area contributed by atoms with Crippen LogP contribution >= 0.6 is 11.8 Å². The van der Waals surface area contributed by atoms with Crippen LogP contribution in [0.1, 0.15) is 36.4 Å². The summed E-state index contributed by atoms with van der Waals surface area (Å²) in [5.41, 5.74) is 6.48. The molecule has 0 spiro atoms. The lowest BCUT2D eigenvalue weighted by atomic mass is 10.1. The van der Waals surface area contributed by atoms with Crippen molar-refractivity contribution in [1.82, 2.24) is 9.88 Å². The Morgan fingerprint density at radius 1 is 1.06 bits per heavy atom. The minimum Gasteiger partial charge on any atom is -0.494 e. The summed E-state index contributed by atoms with van der Waals surface area (Å²) < 4.78 is 7.68. The molecule has 1 saturated heterocycles. The van der Waals surface area contributed by atoms with Crippen molar-refractivity contribution in [2.24, 2.45) is 4.99 Å². The van der Waals surface area contributed by atoms with E-state index in [0.717, 1.165) is 40.5 Å². The molecular weight excluding hydrogens is 418 g/mol. The van der Waals surface area contributed by atoms with Crippen LogP contribution in [0, 0.1) is 13.8 Å². The molecule has 32 heavy (non-hydrogen) atoms. The smallest absolute Gasteiger partial charge is 0.264 e. The van der Waals surface area contributed by atoms with Crippen LogP contribution in [0.5, 0.6) is 5.75 Å². The van der Waals surface area contributed by atoms with Crippen LogP contribution in [-0.4, -0.2) is 22.2 Å². The molecule has 1 aromatic heterocycles. The standard InChI is InChI=1S/C26H27N3O2S/c1-5-19-7-11-22(12-8-19)29-17(3)15-20(18(29)4)16-24-25(30)28-26(32-24)27-21-9-13-23(14-10-21)31-6-2/h7-16H,5-6H2,1-4H3,(H,27,28,30)/b24-16-. The number of hydrogen-bond acceptors (Lipinski definition) is 4. The van der Waals surface area contributed by atoms with Gasteiger partial charge in [-0.15, -0.1) is 0 Å². The normalized spacial score (nSPS) is 16.1. The zero-order valence-corrected chi connectivity index (χ0v) is 19.6. The number of nitrogens with zero attached hydrogens (tertiary/aromatic N) is 2. The van der Waals surface area contributed by atoms with Crippen LogP contribution < -0.4 is 10.1 Å². The number of hydrogen-bond donors (Lipinski definition) is 1. The lowest BCUT2D eigenvalue weighted by Gasteiger charge is -2.10. The minimum atomic E-state index is -0.128. The predicted octanol–water partition coefficient (Wildman–Crippen LogP) is 5.95. The maximum absolute atomic E-state index is 12.6. The number of thioether (sulfide) groups is 1. The van der Waals surface area contributed by atoms with E-state index in [0.29, 0.717) is 16.7 Å². The molecule has 0 atom stereocenters. The van der Waals surface area contributed by atoms with Gasteiger partial charge in [0.2, 0.25) is 0 Å². The molecule has 6 heteroatoms. The van der Waals surface area contributed by atoms with Gasteiger partial charge in [0.1, 0.15) is 5.75 Å². The van der Waals surface area contributed by atoms with Crippen LogP contribution in [0.3, 0.4) is 0 Å². The Kier molecular flexibility index (Phi) is 6.51. The van der Waals surface area contributed by atoms with E-state index in [2.05, 4.69) is 66.0 Å². The molecule has 4 rings (SSSR count). The van der Waals surface area contributed by atoms with Crippen LogP contribution in [-0.2, 0) is 11.2 Å². The van der Waals surface area contributed by atoms with Crippen LogP contribution in [0.4, 0.5) is 5.69 Å². The van der Waals surface area contributed by atoms with E-state index in [4.69, 9.17) is 4.74 Å². The van der Waals surface area contributed by atoms with Gasteiger partial charge in [0.25, 0.3) is 5.91 Å². The number of benzene rings is 2. The average molecular weight is 446 g/mol. The maximum Gasteiger partial charge on any atom is 0.264 e. The van der Waals surface area contributed by atoms with Gasteiger partial charge in [-0.1, -0.05) is 19.1 Å². The predicted molar refractivity (Wildman–Crippen MR) is 133 cm³/mol. The number of rotatable bonds is 6. The Morgan fingerprint density at radius 2 is 1.78 bits per heavy atom. The number of nitrogens with one attached hydrogen (secondary N) is 1. The van der Waals surface area contributed by atoms with Crippen molar-refractivity contribution in [1.29, 1.82) is 0 Å². The molecule has 0 unspecified atom stereocenters. The van der Waals surface area contributed by atoms with Gasteiger partial charge in [-0.3, -0.25) is 4.79 Å². The number of amides is 1. The fourth-order valence-electron chi connectivity index (χ4n) is 3.73. The minimum absolute atomic E-state index is 0.128. The Balaban J connectivity index is 1.57. The van der Waals surface area contributed by atoms with Crippen molar-refractivity contribution in [2.75, 3.05) is 6.61 Å². The zero-order valence-electron chi connectivity index (χ0n) is 18.8. The molecular formula is C26H27N3O2S. The lowest BCUT2D eigenvalue weighted by Crippen LogP contribution is -2.19. The number of amidine groups is 1. The number of aliphatic imine (C=N–C) groups is 1. The van der Waals surface area contributed by atoms with E-state index in [1.165, 1.54) is 17.3 Å². The molecule has 0 bridgehead atoms. The van der Waals surface area contributed by atoms with Gasteiger partial charge in [-0.2, -0.15) is 0 Å². The Labute approximate surface area is 193 Å². The van der Waals surface area contributed by atoms with Crippen molar-refractivity contribution in [3.05, 3.63) is 82.0 Å². The summed E-state index contributed by atoms with van der Waals surface area (Å²) in [6.45, 7) is 8.90. The molecule has 0 radical (unpaired) electrons. The molecule has 3 aromatic rings. The summed E-state index contributed by atoms with van der Waals surface area (Å²) in [6, 6.07) is 18.3. The number of aromatic nitrogens is 1. The molecule has 1 amide bonds. The zero-order chi connectivity index (χ0) is 22.7. The van der Waals surface area contributed by atoms with E-state index in [-0.39, 0.29) is 5.91 Å². The van der Waals surface area contributed by atoms with Crippen LogP contribution in [0.25, 0.3) is 11.8 Å². The summed E-state index contributed by atoms with van der Waals surface area (Å²) in [4.78, 5) is 17.7. The van der Waals surface area contributed by atoms with E-state index < -0.39 is 0 Å². The maximum atomic E-state index is 12.6. The second kappa shape index (κ2) is 9.49. The van der Waals surface area contributed by atoms with Gasteiger partial charge >= 0.3 is 0 Å². The first-order chi connectivity index (χ1) is 15.5. The van der Waals surface area contributed by atoms with Crippen molar-refractivity contribution >= 4 is 34.6 Å². The third-order valence-electron chi connectivity index (χ3n) is 5.39. The van der Waals surface area contributed by atoms with Crippen molar-refractivity contribution < 1.29 is 9.53 Å². The summed E-state index contributed by atoms with van der Waals surface area (Å²) >= 11 is 1.36. The van der Waals surface area contributed by atoms with E-state index in [1.54, 1.807) is 0 Å². The first kappa shape index (κ1) is 22.0. The second-order valence-electron chi connectivity index (χ2n) is 7.59. The molecule has 1 aliphatic rings. The SMILES string of the molecule is CCOc1ccc(N=C2NC(=O)/C(=C/c3cc(C)n(-c4ccc(CC)cc4)c3C)S2)cc1. The highest BCUT2D eigenvalue weighted by Gasteiger charge is 2.24.